The van der Waals surface area contributed by atoms with Gasteiger partial charge in [0.1, 0.15) is 10.7 Å². The number of para-hydroxylation sites is 1. The summed E-state index contributed by atoms with van der Waals surface area (Å²) in [6.07, 6.45) is 7.62. The van der Waals surface area contributed by atoms with Crippen LogP contribution in [-0.4, -0.2) is 41.0 Å². The first-order valence-corrected chi connectivity index (χ1v) is 18.3. The lowest BCUT2D eigenvalue weighted by Gasteiger charge is -2.16. The lowest BCUT2D eigenvalue weighted by Crippen LogP contribution is -2.30. The van der Waals surface area contributed by atoms with E-state index < -0.39 is 28.0 Å². The molecule has 3 amide bonds. The van der Waals surface area contributed by atoms with Crippen molar-refractivity contribution < 1.29 is 28.8 Å². The van der Waals surface area contributed by atoms with Crippen LogP contribution in [0.4, 0.5) is 16.4 Å². The highest BCUT2D eigenvalue weighted by Crippen LogP contribution is 2.38. The average Bonchev–Trinajstić information content (AvgIpc) is 3.45. The van der Waals surface area contributed by atoms with Gasteiger partial charge in [-0.3, -0.25) is 24.5 Å². The molecule has 1 unspecified atom stereocenters. The molecule has 0 fully saturated rings. The summed E-state index contributed by atoms with van der Waals surface area (Å²) < 4.78 is 5.11. The van der Waals surface area contributed by atoms with E-state index in [1.54, 1.807) is 54.6 Å². The maximum absolute atomic E-state index is 13.6. The summed E-state index contributed by atoms with van der Waals surface area (Å²) in [5.74, 6) is -1.98. The van der Waals surface area contributed by atoms with E-state index in [-0.39, 0.29) is 22.9 Å². The minimum Gasteiger partial charge on any atom is -0.465 e. The molecule has 1 heterocycles. The fourth-order valence-corrected chi connectivity index (χ4v) is 8.02. The van der Waals surface area contributed by atoms with Gasteiger partial charge in [0.2, 0.25) is 5.91 Å². The van der Waals surface area contributed by atoms with E-state index in [1.807, 2.05) is 13.0 Å². The summed E-state index contributed by atoms with van der Waals surface area (Å²) in [7, 11) is 1.35. The second kappa shape index (κ2) is 17.6. The molecule has 11 nitrogen and oxygen atoms in total. The van der Waals surface area contributed by atoms with Crippen LogP contribution >= 0.6 is 23.1 Å². The SMILES string of the molecule is CCC(Sc1cccc(NC(=O)/C(=C\c2ccccc2[N+](=O)[O-])NC(=O)c2ccccc2)c1)C(=O)Nc1sc2c(c1C(=O)OC)CCCCCC2. The number of methoxy groups -OCH3 is 1. The molecule has 51 heavy (non-hydrogen) atoms. The zero-order valence-corrected chi connectivity index (χ0v) is 29.9. The predicted molar refractivity (Wildman–Crippen MR) is 200 cm³/mol. The molecule has 0 bridgehead atoms. The fraction of sp³-hybridized carbons (Fsp3) is 0.263. The van der Waals surface area contributed by atoms with Gasteiger partial charge in [0.15, 0.2) is 0 Å². The zero-order valence-electron chi connectivity index (χ0n) is 28.2. The first-order chi connectivity index (χ1) is 24.7. The van der Waals surface area contributed by atoms with E-state index in [1.165, 1.54) is 54.5 Å². The molecule has 1 aliphatic rings. The van der Waals surface area contributed by atoms with E-state index in [0.717, 1.165) is 49.0 Å². The number of thioether (sulfide) groups is 1. The third kappa shape index (κ3) is 9.50. The van der Waals surface area contributed by atoms with Crippen molar-refractivity contribution in [1.29, 1.82) is 0 Å². The van der Waals surface area contributed by atoms with Crippen LogP contribution < -0.4 is 16.0 Å². The van der Waals surface area contributed by atoms with Crippen LogP contribution in [0.25, 0.3) is 6.08 Å². The molecule has 0 radical (unpaired) electrons. The molecule has 1 atom stereocenters. The largest absolute Gasteiger partial charge is 0.465 e. The number of amides is 3. The number of nitrogens with zero attached hydrogens (tertiary/aromatic N) is 1. The molecule has 13 heteroatoms. The number of nitro benzene ring substituents is 1. The quantitative estimate of drug-likeness (QED) is 0.0436. The molecule has 0 spiro atoms. The maximum atomic E-state index is 13.6. The number of hydrogen-bond donors (Lipinski definition) is 3. The molecular formula is C38H38N4O7S2. The molecule has 0 saturated carbocycles. The number of carbonyl (C=O) groups excluding carboxylic acids is 4. The van der Waals surface area contributed by atoms with Gasteiger partial charge in [-0.1, -0.05) is 56.2 Å². The number of nitrogens with one attached hydrogen (secondary N) is 3. The average molecular weight is 727 g/mol. The first kappa shape index (κ1) is 37.0. The maximum Gasteiger partial charge on any atom is 0.341 e. The van der Waals surface area contributed by atoms with Gasteiger partial charge in [-0.25, -0.2) is 4.79 Å². The van der Waals surface area contributed by atoms with Gasteiger partial charge in [0, 0.05) is 27.1 Å². The summed E-state index contributed by atoms with van der Waals surface area (Å²) in [5.41, 5.74) is 1.81. The van der Waals surface area contributed by atoms with Crippen LogP contribution in [0, 0.1) is 10.1 Å². The third-order valence-electron chi connectivity index (χ3n) is 8.29. The minimum absolute atomic E-state index is 0.134. The number of hydrogen-bond acceptors (Lipinski definition) is 9. The Morgan fingerprint density at radius 3 is 2.39 bits per heavy atom. The first-order valence-electron chi connectivity index (χ1n) is 16.6. The van der Waals surface area contributed by atoms with Gasteiger partial charge < -0.3 is 20.7 Å². The topological polar surface area (TPSA) is 157 Å². The zero-order chi connectivity index (χ0) is 36.3. The highest BCUT2D eigenvalue weighted by atomic mass is 32.2. The highest BCUT2D eigenvalue weighted by Gasteiger charge is 2.28. The second-order valence-electron chi connectivity index (χ2n) is 11.8. The van der Waals surface area contributed by atoms with E-state index >= 15 is 0 Å². The van der Waals surface area contributed by atoms with Crippen molar-refractivity contribution in [2.24, 2.45) is 0 Å². The van der Waals surface area contributed by atoms with Crippen LogP contribution in [0.3, 0.4) is 0 Å². The number of nitro groups is 1. The van der Waals surface area contributed by atoms with Crippen molar-refractivity contribution in [1.82, 2.24) is 5.32 Å². The van der Waals surface area contributed by atoms with E-state index in [0.29, 0.717) is 33.1 Å². The Labute approximate surface area is 304 Å². The Bertz CT molecular complexity index is 1960. The molecule has 4 aromatic rings. The number of thiophene rings is 1. The molecule has 3 aromatic carbocycles. The molecular weight excluding hydrogens is 689 g/mol. The number of benzene rings is 3. The summed E-state index contributed by atoms with van der Waals surface area (Å²) in [6.45, 7) is 1.90. The van der Waals surface area contributed by atoms with E-state index in [4.69, 9.17) is 4.74 Å². The van der Waals surface area contributed by atoms with Crippen molar-refractivity contribution in [3.8, 4) is 0 Å². The normalized spacial score (nSPS) is 13.5. The van der Waals surface area contributed by atoms with Crippen LogP contribution in [-0.2, 0) is 27.2 Å². The lowest BCUT2D eigenvalue weighted by molar-refractivity contribution is -0.385. The van der Waals surface area contributed by atoms with Gasteiger partial charge >= 0.3 is 5.97 Å². The molecule has 0 aliphatic heterocycles. The van der Waals surface area contributed by atoms with E-state index in [2.05, 4.69) is 16.0 Å². The van der Waals surface area contributed by atoms with Gasteiger partial charge in [-0.05, 0) is 80.1 Å². The summed E-state index contributed by atoms with van der Waals surface area (Å²) in [4.78, 5) is 66.1. The number of aryl methyl sites for hydroxylation is 1. The molecule has 264 valence electrons. The van der Waals surface area contributed by atoms with Crippen molar-refractivity contribution in [2.75, 3.05) is 17.7 Å². The Kier molecular flexibility index (Phi) is 12.8. The highest BCUT2D eigenvalue weighted by molar-refractivity contribution is 8.00. The second-order valence-corrected chi connectivity index (χ2v) is 14.2. The van der Waals surface area contributed by atoms with Crippen molar-refractivity contribution in [2.45, 2.75) is 62.0 Å². The smallest absolute Gasteiger partial charge is 0.341 e. The summed E-state index contributed by atoms with van der Waals surface area (Å²) in [5, 5.41) is 20.1. The van der Waals surface area contributed by atoms with Gasteiger partial charge in [0.05, 0.1) is 28.4 Å². The Morgan fingerprint density at radius 1 is 0.941 bits per heavy atom. The number of rotatable bonds is 12. The van der Waals surface area contributed by atoms with Crippen molar-refractivity contribution in [3.05, 3.63) is 122 Å². The summed E-state index contributed by atoms with van der Waals surface area (Å²) >= 11 is 2.75. The standard InChI is InChI=1S/C38H38N4O7S2/c1-3-31(36(45)41-37-33(38(46)49-2)28-19-9-4-5-10-21-32(28)51-37)50-27-18-13-17-26(23-27)39-35(44)29(40-34(43)24-14-7-6-8-15-24)22-25-16-11-12-20-30(25)42(47)48/h6-8,11-18,20,22-23,31H,3-5,9-10,19,21H2,1-2H3,(H,39,44)(H,40,43)(H,41,45)/b29-22+. The van der Waals surface area contributed by atoms with Gasteiger partial charge in [-0.2, -0.15) is 0 Å². The molecule has 1 aliphatic carbocycles. The number of carbonyl (C=O) groups is 4. The van der Waals surface area contributed by atoms with Crippen molar-refractivity contribution in [3.63, 3.8) is 0 Å². The van der Waals surface area contributed by atoms with Gasteiger partial charge in [0.25, 0.3) is 17.5 Å². The Hall–Kier alpha value is -5.27. The number of esters is 1. The summed E-state index contributed by atoms with van der Waals surface area (Å²) in [6, 6.07) is 21.1. The van der Waals surface area contributed by atoms with Crippen LogP contribution in [0.1, 0.15) is 75.7 Å². The minimum atomic E-state index is -0.701. The number of ether oxygens (including phenoxy) is 1. The van der Waals surface area contributed by atoms with Crippen LogP contribution in [0.15, 0.2) is 89.5 Å². The Morgan fingerprint density at radius 2 is 1.67 bits per heavy atom. The molecule has 0 saturated heterocycles. The monoisotopic (exact) mass is 726 g/mol. The lowest BCUT2D eigenvalue weighted by atomic mass is 9.96. The third-order valence-corrected chi connectivity index (χ3v) is 10.9. The number of anilines is 2. The molecule has 1 aromatic heterocycles. The van der Waals surface area contributed by atoms with Gasteiger partial charge in [-0.15, -0.1) is 23.1 Å². The van der Waals surface area contributed by atoms with Crippen LogP contribution in [0.2, 0.25) is 0 Å². The van der Waals surface area contributed by atoms with Crippen molar-refractivity contribution >= 4 is 69.2 Å². The molecule has 5 rings (SSSR count). The number of fused-ring (bicyclic) bond motifs is 1. The fourth-order valence-electron chi connectivity index (χ4n) is 5.72. The Balaban J connectivity index is 1.35. The van der Waals surface area contributed by atoms with Crippen LogP contribution in [0.5, 0.6) is 0 Å². The predicted octanol–water partition coefficient (Wildman–Crippen LogP) is 8.02. The molecule has 3 N–H and O–H groups in total. The van der Waals surface area contributed by atoms with E-state index in [9.17, 15) is 29.3 Å².